The Hall–Kier alpha value is -1.53. The van der Waals surface area contributed by atoms with Crippen LogP contribution < -0.4 is 10.5 Å². The molecule has 1 saturated carbocycles. The number of nitrogens with zero attached hydrogens (tertiary/aromatic N) is 1. The van der Waals surface area contributed by atoms with Crippen molar-refractivity contribution in [2.45, 2.75) is 37.8 Å². The van der Waals surface area contributed by atoms with Crippen molar-refractivity contribution in [1.82, 2.24) is 0 Å². The summed E-state index contributed by atoms with van der Waals surface area (Å²) in [5.41, 5.74) is 6.48. The molecule has 1 aliphatic rings. The molecule has 0 heterocycles. The molecular weight excluding hydrogens is 200 g/mol. The predicted molar refractivity (Wildman–Crippen MR) is 62.0 cm³/mol. The zero-order valence-corrected chi connectivity index (χ0v) is 9.23. The Morgan fingerprint density at radius 3 is 2.69 bits per heavy atom. The van der Waals surface area contributed by atoms with E-state index in [1.54, 1.807) is 12.1 Å². The van der Waals surface area contributed by atoms with E-state index in [2.05, 4.69) is 6.07 Å². The third kappa shape index (κ3) is 2.74. The van der Waals surface area contributed by atoms with E-state index in [1.807, 2.05) is 12.1 Å². The maximum atomic E-state index is 8.78. The predicted octanol–water partition coefficient (Wildman–Crippen LogP) is 2.21. The highest BCUT2D eigenvalue weighted by Gasteiger charge is 2.19. The van der Waals surface area contributed by atoms with Crippen molar-refractivity contribution < 1.29 is 4.74 Å². The van der Waals surface area contributed by atoms with Gasteiger partial charge in [-0.25, -0.2) is 0 Å². The molecule has 0 bridgehead atoms. The fraction of sp³-hybridized carbons (Fsp3) is 0.462. The number of ether oxygens (including phenoxy) is 1. The SMILES string of the molecule is N#Cc1cccc(OC2CCC(N)CC2)c1. The molecule has 84 valence electrons. The molecule has 2 N–H and O–H groups in total. The van der Waals surface area contributed by atoms with Crippen LogP contribution in [0, 0.1) is 11.3 Å². The van der Waals surface area contributed by atoms with Gasteiger partial charge >= 0.3 is 0 Å². The van der Waals surface area contributed by atoms with Crippen molar-refractivity contribution in [3.63, 3.8) is 0 Å². The Balaban J connectivity index is 1.96. The molecule has 0 aromatic heterocycles. The van der Waals surface area contributed by atoms with Gasteiger partial charge in [0.25, 0.3) is 0 Å². The van der Waals surface area contributed by atoms with Gasteiger partial charge in [0.2, 0.25) is 0 Å². The van der Waals surface area contributed by atoms with Crippen LogP contribution in [0.3, 0.4) is 0 Å². The molecule has 2 rings (SSSR count). The Morgan fingerprint density at radius 1 is 1.25 bits per heavy atom. The van der Waals surface area contributed by atoms with Crippen molar-refractivity contribution in [2.24, 2.45) is 5.73 Å². The van der Waals surface area contributed by atoms with E-state index >= 15 is 0 Å². The summed E-state index contributed by atoms with van der Waals surface area (Å²) in [5, 5.41) is 8.78. The second kappa shape index (κ2) is 5.00. The Bertz CT molecular complexity index is 389. The molecule has 1 aromatic rings. The normalized spacial score (nSPS) is 24.8. The first-order chi connectivity index (χ1) is 7.78. The first-order valence-corrected chi connectivity index (χ1v) is 5.70. The highest BCUT2D eigenvalue weighted by molar-refractivity contribution is 5.36. The third-order valence-electron chi connectivity index (χ3n) is 2.98. The second-order valence-corrected chi connectivity index (χ2v) is 4.29. The number of benzene rings is 1. The van der Waals surface area contributed by atoms with E-state index < -0.39 is 0 Å². The summed E-state index contributed by atoms with van der Waals surface area (Å²) < 4.78 is 5.84. The smallest absolute Gasteiger partial charge is 0.121 e. The summed E-state index contributed by atoms with van der Waals surface area (Å²) >= 11 is 0. The summed E-state index contributed by atoms with van der Waals surface area (Å²) in [6.07, 6.45) is 4.34. The van der Waals surface area contributed by atoms with E-state index in [-0.39, 0.29) is 6.10 Å². The molecular formula is C13H16N2O. The largest absolute Gasteiger partial charge is 0.490 e. The lowest BCUT2D eigenvalue weighted by Gasteiger charge is -2.26. The lowest BCUT2D eigenvalue weighted by Crippen LogP contribution is -2.31. The third-order valence-corrected chi connectivity index (χ3v) is 2.98. The van der Waals surface area contributed by atoms with Gasteiger partial charge in [-0.1, -0.05) is 6.07 Å². The lowest BCUT2D eigenvalue weighted by molar-refractivity contribution is 0.147. The monoisotopic (exact) mass is 216 g/mol. The van der Waals surface area contributed by atoms with Crippen LogP contribution in [0.5, 0.6) is 5.75 Å². The molecule has 0 spiro atoms. The Labute approximate surface area is 95.8 Å². The van der Waals surface area contributed by atoms with Gasteiger partial charge in [-0.05, 0) is 43.9 Å². The molecule has 0 amide bonds. The number of nitriles is 1. The van der Waals surface area contributed by atoms with Gasteiger partial charge in [0.05, 0.1) is 17.7 Å². The lowest BCUT2D eigenvalue weighted by atomic mass is 9.94. The quantitative estimate of drug-likeness (QED) is 0.824. The second-order valence-electron chi connectivity index (χ2n) is 4.29. The number of nitrogens with two attached hydrogens (primary N) is 1. The molecule has 3 heteroatoms. The standard InChI is InChI=1S/C13H16N2O/c14-9-10-2-1-3-13(8-10)16-12-6-4-11(15)5-7-12/h1-3,8,11-12H,4-7,15H2. The number of hydrogen-bond acceptors (Lipinski definition) is 3. The van der Waals surface area contributed by atoms with Gasteiger partial charge < -0.3 is 10.5 Å². The summed E-state index contributed by atoms with van der Waals surface area (Å²) in [6, 6.07) is 9.77. The number of hydrogen-bond donors (Lipinski definition) is 1. The molecule has 1 aromatic carbocycles. The van der Waals surface area contributed by atoms with Gasteiger partial charge in [0, 0.05) is 6.04 Å². The minimum atomic E-state index is 0.258. The molecule has 0 atom stereocenters. The van der Waals surface area contributed by atoms with Crippen molar-refractivity contribution >= 4 is 0 Å². The van der Waals surface area contributed by atoms with E-state index in [0.29, 0.717) is 11.6 Å². The molecule has 0 saturated heterocycles. The summed E-state index contributed by atoms with van der Waals surface area (Å²) in [4.78, 5) is 0. The summed E-state index contributed by atoms with van der Waals surface area (Å²) in [6.45, 7) is 0. The van der Waals surface area contributed by atoms with Crippen LogP contribution in [0.2, 0.25) is 0 Å². The van der Waals surface area contributed by atoms with Gasteiger partial charge in [-0.2, -0.15) is 5.26 Å². The zero-order valence-electron chi connectivity index (χ0n) is 9.23. The molecule has 1 aliphatic carbocycles. The fourth-order valence-electron chi connectivity index (χ4n) is 2.04. The van der Waals surface area contributed by atoms with Crippen LogP contribution in [-0.4, -0.2) is 12.1 Å². The Morgan fingerprint density at radius 2 is 2.00 bits per heavy atom. The van der Waals surface area contributed by atoms with Gasteiger partial charge in [0.15, 0.2) is 0 Å². The van der Waals surface area contributed by atoms with Crippen molar-refractivity contribution in [3.05, 3.63) is 29.8 Å². The van der Waals surface area contributed by atoms with E-state index in [0.717, 1.165) is 31.4 Å². The molecule has 3 nitrogen and oxygen atoms in total. The van der Waals surface area contributed by atoms with E-state index in [9.17, 15) is 0 Å². The van der Waals surface area contributed by atoms with Crippen molar-refractivity contribution in [3.8, 4) is 11.8 Å². The minimum Gasteiger partial charge on any atom is -0.490 e. The van der Waals surface area contributed by atoms with Crippen molar-refractivity contribution in [1.29, 1.82) is 5.26 Å². The van der Waals surface area contributed by atoms with Crippen LogP contribution >= 0.6 is 0 Å². The highest BCUT2D eigenvalue weighted by atomic mass is 16.5. The van der Waals surface area contributed by atoms with Crippen LogP contribution in [0.1, 0.15) is 31.2 Å². The van der Waals surface area contributed by atoms with Crippen LogP contribution in [-0.2, 0) is 0 Å². The van der Waals surface area contributed by atoms with Crippen LogP contribution in [0.15, 0.2) is 24.3 Å². The molecule has 1 fully saturated rings. The van der Waals surface area contributed by atoms with Crippen LogP contribution in [0.4, 0.5) is 0 Å². The zero-order chi connectivity index (χ0) is 11.4. The molecule has 16 heavy (non-hydrogen) atoms. The minimum absolute atomic E-state index is 0.258. The topological polar surface area (TPSA) is 59.0 Å². The Kier molecular flexibility index (Phi) is 3.43. The highest BCUT2D eigenvalue weighted by Crippen LogP contribution is 2.23. The summed E-state index contributed by atoms with van der Waals surface area (Å²) in [5.74, 6) is 0.791. The fourth-order valence-corrected chi connectivity index (χ4v) is 2.04. The molecule has 0 aliphatic heterocycles. The molecule has 0 unspecified atom stereocenters. The van der Waals surface area contributed by atoms with Crippen molar-refractivity contribution in [2.75, 3.05) is 0 Å². The maximum absolute atomic E-state index is 8.78. The van der Waals surface area contributed by atoms with Crippen LogP contribution in [0.25, 0.3) is 0 Å². The average Bonchev–Trinajstić information content (AvgIpc) is 2.32. The maximum Gasteiger partial charge on any atom is 0.121 e. The summed E-state index contributed by atoms with van der Waals surface area (Å²) in [7, 11) is 0. The first kappa shape index (κ1) is 11.0. The van der Waals surface area contributed by atoms with E-state index in [4.69, 9.17) is 15.7 Å². The number of rotatable bonds is 2. The van der Waals surface area contributed by atoms with Gasteiger partial charge in [0.1, 0.15) is 5.75 Å². The first-order valence-electron chi connectivity index (χ1n) is 5.70. The van der Waals surface area contributed by atoms with Gasteiger partial charge in [-0.3, -0.25) is 0 Å². The average molecular weight is 216 g/mol. The van der Waals surface area contributed by atoms with Gasteiger partial charge in [-0.15, -0.1) is 0 Å². The van der Waals surface area contributed by atoms with E-state index in [1.165, 1.54) is 0 Å². The molecule has 0 radical (unpaired) electrons.